The third-order valence-electron chi connectivity index (χ3n) is 5.92. The van der Waals surface area contributed by atoms with Crippen LogP contribution in [0.1, 0.15) is 46.3 Å². The Kier molecular flexibility index (Phi) is 5.31. The minimum Gasteiger partial charge on any atom is -0.342 e. The smallest absolute Gasteiger partial charge is 0.253 e. The number of likely N-dealkylation sites (tertiary alicyclic amines) is 1. The van der Waals surface area contributed by atoms with Gasteiger partial charge in [-0.15, -0.1) is 0 Å². The maximum absolute atomic E-state index is 13.1. The van der Waals surface area contributed by atoms with Crippen LogP contribution >= 0.6 is 0 Å². The largest absolute Gasteiger partial charge is 0.342 e. The number of imidazole rings is 1. The van der Waals surface area contributed by atoms with Crippen LogP contribution in [0.5, 0.6) is 0 Å². The number of carbonyl (C=O) groups excluding carboxylic acids is 1. The highest BCUT2D eigenvalue weighted by Gasteiger charge is 2.26. The number of aromatic nitrogens is 4. The second-order valence-electron chi connectivity index (χ2n) is 8.39. The van der Waals surface area contributed by atoms with Crippen LogP contribution in [0.25, 0.3) is 11.0 Å². The summed E-state index contributed by atoms with van der Waals surface area (Å²) < 4.78 is 0. The molecule has 0 spiro atoms. The molecule has 2 aromatic heterocycles. The molecule has 7 heteroatoms. The van der Waals surface area contributed by atoms with Gasteiger partial charge in [0.05, 0.1) is 11.0 Å². The van der Waals surface area contributed by atoms with E-state index in [0.29, 0.717) is 17.4 Å². The minimum atomic E-state index is 0.0537. The van der Waals surface area contributed by atoms with Crippen LogP contribution in [0.15, 0.2) is 54.6 Å². The highest BCUT2D eigenvalue weighted by atomic mass is 16.2. The second-order valence-corrected chi connectivity index (χ2v) is 8.39. The Morgan fingerprint density at radius 3 is 2.47 bits per heavy atom. The van der Waals surface area contributed by atoms with Crippen molar-refractivity contribution in [2.45, 2.75) is 32.6 Å². The average Bonchev–Trinajstić information content (AvgIpc) is 3.22. The van der Waals surface area contributed by atoms with Crippen molar-refractivity contribution < 1.29 is 4.79 Å². The number of amides is 1. The molecule has 3 heterocycles. The fourth-order valence-corrected chi connectivity index (χ4v) is 4.35. The summed E-state index contributed by atoms with van der Waals surface area (Å²) in [6.07, 6.45) is 1.81. The summed E-state index contributed by atoms with van der Waals surface area (Å²) in [6.45, 7) is 5.32. The molecule has 0 bridgehead atoms. The molecule has 1 saturated heterocycles. The number of aromatic amines is 1. The Bertz CT molecular complexity index is 1220. The second kappa shape index (κ2) is 8.42. The predicted molar refractivity (Wildman–Crippen MR) is 125 cm³/mol. The molecular weight excluding hydrogens is 400 g/mol. The number of nitrogens with one attached hydrogen (secondary N) is 2. The number of hydrogen-bond donors (Lipinski definition) is 2. The van der Waals surface area contributed by atoms with E-state index in [0.717, 1.165) is 59.9 Å². The minimum absolute atomic E-state index is 0.0537. The van der Waals surface area contributed by atoms with Gasteiger partial charge in [-0.25, -0.2) is 15.0 Å². The number of piperidine rings is 1. The van der Waals surface area contributed by atoms with Gasteiger partial charge < -0.3 is 15.2 Å². The normalized spacial score (nSPS) is 14.6. The van der Waals surface area contributed by atoms with Crippen LogP contribution in [0.3, 0.4) is 0 Å². The molecule has 7 nitrogen and oxygen atoms in total. The van der Waals surface area contributed by atoms with E-state index in [-0.39, 0.29) is 5.91 Å². The Balaban J connectivity index is 1.25. The van der Waals surface area contributed by atoms with E-state index in [9.17, 15) is 4.79 Å². The van der Waals surface area contributed by atoms with Crippen LogP contribution in [-0.4, -0.2) is 43.8 Å². The molecule has 32 heavy (non-hydrogen) atoms. The van der Waals surface area contributed by atoms with Crippen LogP contribution in [0.2, 0.25) is 0 Å². The molecule has 0 saturated carbocycles. The number of para-hydroxylation sites is 2. The summed E-state index contributed by atoms with van der Waals surface area (Å²) in [4.78, 5) is 32.1. The lowest BCUT2D eigenvalue weighted by atomic mass is 9.95. The molecule has 0 aliphatic carbocycles. The van der Waals surface area contributed by atoms with Crippen molar-refractivity contribution in [1.82, 2.24) is 24.8 Å². The van der Waals surface area contributed by atoms with Gasteiger partial charge >= 0.3 is 0 Å². The number of anilines is 2. The molecule has 1 aliphatic rings. The van der Waals surface area contributed by atoms with Crippen molar-refractivity contribution in [3.05, 3.63) is 77.4 Å². The number of hydrogen-bond acceptors (Lipinski definition) is 5. The fraction of sp³-hybridized carbons (Fsp3) is 0.280. The maximum atomic E-state index is 13.1. The molecule has 162 valence electrons. The number of H-pyrrole nitrogens is 1. The van der Waals surface area contributed by atoms with Crippen molar-refractivity contribution in [3.63, 3.8) is 0 Å². The quantitative estimate of drug-likeness (QED) is 0.492. The number of rotatable bonds is 4. The highest BCUT2D eigenvalue weighted by Crippen LogP contribution is 2.28. The standard InChI is InChI=1S/C25H26N6O/c1-16-14-17(2)27-25(26-16)28-20-7-5-6-19(15-20)24(32)31-12-10-18(11-13-31)23-29-21-8-3-4-9-22(21)30-23/h3-9,14-15,18H,10-13H2,1-2H3,(H,29,30)(H,26,27,28). The van der Waals surface area contributed by atoms with Gasteiger partial charge in [-0.1, -0.05) is 18.2 Å². The van der Waals surface area contributed by atoms with E-state index < -0.39 is 0 Å². The van der Waals surface area contributed by atoms with E-state index in [1.807, 2.05) is 67.3 Å². The van der Waals surface area contributed by atoms with Gasteiger partial charge in [-0.05, 0) is 63.1 Å². The summed E-state index contributed by atoms with van der Waals surface area (Å²) in [5.41, 5.74) is 5.34. The lowest BCUT2D eigenvalue weighted by Gasteiger charge is -2.31. The third kappa shape index (κ3) is 4.19. The summed E-state index contributed by atoms with van der Waals surface area (Å²) in [5.74, 6) is 1.97. The first-order valence-electron chi connectivity index (χ1n) is 11.0. The third-order valence-corrected chi connectivity index (χ3v) is 5.92. The van der Waals surface area contributed by atoms with E-state index >= 15 is 0 Å². The van der Waals surface area contributed by atoms with E-state index in [4.69, 9.17) is 4.98 Å². The fourth-order valence-electron chi connectivity index (χ4n) is 4.35. The average molecular weight is 427 g/mol. The zero-order valence-corrected chi connectivity index (χ0v) is 18.3. The SMILES string of the molecule is Cc1cc(C)nc(Nc2cccc(C(=O)N3CCC(c4nc5ccccc5[nH]4)CC3)c2)n1. The predicted octanol–water partition coefficient (Wildman–Crippen LogP) is 4.73. The van der Waals surface area contributed by atoms with Crippen molar-refractivity contribution in [3.8, 4) is 0 Å². The van der Waals surface area contributed by atoms with Crippen molar-refractivity contribution in [2.24, 2.45) is 0 Å². The van der Waals surface area contributed by atoms with Gasteiger partial charge in [0, 0.05) is 41.6 Å². The number of carbonyl (C=O) groups is 1. The lowest BCUT2D eigenvalue weighted by molar-refractivity contribution is 0.0711. The zero-order chi connectivity index (χ0) is 22.1. The summed E-state index contributed by atoms with van der Waals surface area (Å²) in [7, 11) is 0. The first-order valence-corrected chi connectivity index (χ1v) is 11.0. The van der Waals surface area contributed by atoms with Crippen molar-refractivity contribution in [1.29, 1.82) is 0 Å². The van der Waals surface area contributed by atoms with Gasteiger partial charge in [0.2, 0.25) is 5.95 Å². The summed E-state index contributed by atoms with van der Waals surface area (Å²) >= 11 is 0. The van der Waals surface area contributed by atoms with E-state index in [1.54, 1.807) is 0 Å². The monoisotopic (exact) mass is 426 g/mol. The van der Waals surface area contributed by atoms with Crippen LogP contribution in [0, 0.1) is 13.8 Å². The van der Waals surface area contributed by atoms with Gasteiger partial charge in [-0.2, -0.15) is 0 Å². The molecule has 1 aliphatic heterocycles. The summed E-state index contributed by atoms with van der Waals surface area (Å²) in [6, 6.07) is 17.6. The number of fused-ring (bicyclic) bond motifs is 1. The molecule has 0 unspecified atom stereocenters. The molecule has 0 radical (unpaired) electrons. The Morgan fingerprint density at radius 2 is 1.72 bits per heavy atom. The summed E-state index contributed by atoms with van der Waals surface area (Å²) in [5, 5.41) is 3.22. The molecule has 2 aromatic carbocycles. The van der Waals surface area contributed by atoms with Gasteiger partial charge in [-0.3, -0.25) is 4.79 Å². The molecule has 4 aromatic rings. The maximum Gasteiger partial charge on any atom is 0.253 e. The first-order chi connectivity index (χ1) is 15.5. The molecule has 1 fully saturated rings. The molecule has 2 N–H and O–H groups in total. The number of nitrogens with zero attached hydrogens (tertiary/aromatic N) is 4. The highest BCUT2D eigenvalue weighted by molar-refractivity contribution is 5.95. The van der Waals surface area contributed by atoms with Gasteiger partial charge in [0.15, 0.2) is 0 Å². The molecule has 1 amide bonds. The van der Waals surface area contributed by atoms with Crippen LogP contribution in [0.4, 0.5) is 11.6 Å². The topological polar surface area (TPSA) is 86.8 Å². The van der Waals surface area contributed by atoms with Crippen molar-refractivity contribution in [2.75, 3.05) is 18.4 Å². The van der Waals surface area contributed by atoms with Gasteiger partial charge in [0.25, 0.3) is 5.91 Å². The molecular formula is C25H26N6O. The first kappa shape index (κ1) is 20.2. The Labute approximate surface area is 186 Å². The Morgan fingerprint density at radius 1 is 0.969 bits per heavy atom. The van der Waals surface area contributed by atoms with Crippen LogP contribution in [-0.2, 0) is 0 Å². The van der Waals surface area contributed by atoms with Crippen molar-refractivity contribution >= 4 is 28.6 Å². The molecule has 0 atom stereocenters. The van der Waals surface area contributed by atoms with Gasteiger partial charge in [0.1, 0.15) is 5.82 Å². The van der Waals surface area contributed by atoms with Crippen LogP contribution < -0.4 is 5.32 Å². The zero-order valence-electron chi connectivity index (χ0n) is 18.3. The lowest BCUT2D eigenvalue weighted by Crippen LogP contribution is -2.38. The molecule has 5 rings (SSSR count). The number of benzene rings is 2. The van der Waals surface area contributed by atoms with E-state index in [1.165, 1.54) is 0 Å². The Hall–Kier alpha value is -3.74. The number of aryl methyl sites for hydroxylation is 2. The van der Waals surface area contributed by atoms with E-state index in [2.05, 4.69) is 26.3 Å².